The van der Waals surface area contributed by atoms with Gasteiger partial charge in [0.15, 0.2) is 15.0 Å². The zero-order valence-corrected chi connectivity index (χ0v) is 16.0. The van der Waals surface area contributed by atoms with E-state index in [1.165, 1.54) is 23.5 Å². The van der Waals surface area contributed by atoms with E-state index < -0.39 is 15.1 Å². The van der Waals surface area contributed by atoms with Gasteiger partial charge in [-0.1, -0.05) is 36.4 Å². The number of nitrogens with one attached hydrogen (secondary N) is 1. The Balaban J connectivity index is 1.80. The second-order valence-corrected chi connectivity index (χ2v) is 9.34. The lowest BCUT2D eigenvalue weighted by Gasteiger charge is -2.09. The van der Waals surface area contributed by atoms with Gasteiger partial charge in [0.25, 0.3) is 5.91 Å². The van der Waals surface area contributed by atoms with Crippen LogP contribution in [-0.4, -0.2) is 24.6 Å². The van der Waals surface area contributed by atoms with Gasteiger partial charge in [-0.25, -0.2) is 13.4 Å². The number of carbonyl (C=O) groups is 1. The van der Waals surface area contributed by atoms with Gasteiger partial charge in [-0.15, -0.1) is 11.3 Å². The molecule has 0 bridgehead atoms. The van der Waals surface area contributed by atoms with Gasteiger partial charge < -0.3 is 0 Å². The molecule has 3 aromatic rings. The Morgan fingerprint density at radius 1 is 1.08 bits per heavy atom. The van der Waals surface area contributed by atoms with Crippen LogP contribution < -0.4 is 5.32 Å². The molecule has 26 heavy (non-hydrogen) atoms. The Bertz CT molecular complexity index is 1030. The van der Waals surface area contributed by atoms with Crippen molar-refractivity contribution in [2.75, 3.05) is 5.32 Å². The molecule has 0 aliphatic carbocycles. The lowest BCUT2D eigenvalue weighted by atomic mass is 10.2. The molecule has 5 nitrogen and oxygen atoms in total. The molecule has 0 aliphatic heterocycles. The van der Waals surface area contributed by atoms with Gasteiger partial charge >= 0.3 is 0 Å². The zero-order chi connectivity index (χ0) is 18.7. The number of hydrogen-bond acceptors (Lipinski definition) is 5. The lowest BCUT2D eigenvalue weighted by Crippen LogP contribution is -2.16. The molecule has 0 spiro atoms. The number of amides is 1. The van der Waals surface area contributed by atoms with Gasteiger partial charge in [-0.2, -0.15) is 0 Å². The lowest BCUT2D eigenvalue weighted by molar-refractivity contribution is 0.102. The minimum Gasteiger partial charge on any atom is -0.298 e. The van der Waals surface area contributed by atoms with E-state index in [0.29, 0.717) is 5.13 Å². The summed E-state index contributed by atoms with van der Waals surface area (Å²) in [5, 5.41) is 4.51. The maximum atomic E-state index is 12.5. The first kappa shape index (κ1) is 18.3. The van der Waals surface area contributed by atoms with Crippen LogP contribution in [0.25, 0.3) is 11.3 Å². The summed E-state index contributed by atoms with van der Waals surface area (Å²) in [7, 11) is -3.43. The number of rotatable bonds is 5. The van der Waals surface area contributed by atoms with Crippen molar-refractivity contribution < 1.29 is 13.2 Å². The predicted molar refractivity (Wildman–Crippen MR) is 104 cm³/mol. The second-order valence-electron chi connectivity index (χ2n) is 5.98. The summed E-state index contributed by atoms with van der Waals surface area (Å²) >= 11 is 1.32. The van der Waals surface area contributed by atoms with Gasteiger partial charge in [0, 0.05) is 16.5 Å². The standard InChI is InChI=1S/C19H18N2O3S2/c1-13(2)26(23,24)16-10-6-9-15(11-16)18(22)21-19-20-17(12-25-19)14-7-4-3-5-8-14/h3-13H,1-2H3,(H,20,21,22). The van der Waals surface area contributed by atoms with Crippen molar-refractivity contribution in [3.63, 3.8) is 0 Å². The smallest absolute Gasteiger partial charge is 0.257 e. The number of aromatic nitrogens is 1. The Morgan fingerprint density at radius 3 is 2.50 bits per heavy atom. The molecular weight excluding hydrogens is 368 g/mol. The summed E-state index contributed by atoms with van der Waals surface area (Å²) in [5.41, 5.74) is 2.03. The van der Waals surface area contributed by atoms with E-state index in [2.05, 4.69) is 10.3 Å². The third-order valence-electron chi connectivity index (χ3n) is 3.84. The van der Waals surface area contributed by atoms with Crippen LogP contribution in [0, 0.1) is 0 Å². The third kappa shape index (κ3) is 3.84. The molecule has 0 fully saturated rings. The van der Waals surface area contributed by atoms with Crippen molar-refractivity contribution in [3.8, 4) is 11.3 Å². The SMILES string of the molecule is CC(C)S(=O)(=O)c1cccc(C(=O)Nc2nc(-c3ccccc3)cs2)c1. The van der Waals surface area contributed by atoms with E-state index >= 15 is 0 Å². The average Bonchev–Trinajstić information content (AvgIpc) is 3.11. The maximum absolute atomic E-state index is 12.5. The molecule has 0 aliphatic rings. The van der Waals surface area contributed by atoms with E-state index in [9.17, 15) is 13.2 Å². The highest BCUT2D eigenvalue weighted by Gasteiger charge is 2.20. The number of thiazole rings is 1. The molecule has 3 rings (SSSR count). The third-order valence-corrected chi connectivity index (χ3v) is 6.75. The number of benzene rings is 2. The van der Waals surface area contributed by atoms with Crippen molar-refractivity contribution in [3.05, 3.63) is 65.5 Å². The number of anilines is 1. The molecule has 0 radical (unpaired) electrons. The molecule has 0 saturated carbocycles. The monoisotopic (exact) mass is 386 g/mol. The van der Waals surface area contributed by atoms with E-state index in [1.54, 1.807) is 26.0 Å². The molecule has 0 unspecified atom stereocenters. The van der Waals surface area contributed by atoms with Gasteiger partial charge in [0.05, 0.1) is 15.8 Å². The van der Waals surface area contributed by atoms with E-state index in [1.807, 2.05) is 35.7 Å². The van der Waals surface area contributed by atoms with Gasteiger partial charge in [0.1, 0.15) is 0 Å². The second kappa shape index (κ2) is 7.39. The van der Waals surface area contributed by atoms with Crippen LogP contribution in [0.15, 0.2) is 64.9 Å². The van der Waals surface area contributed by atoms with Crippen molar-refractivity contribution in [1.82, 2.24) is 4.98 Å². The van der Waals surface area contributed by atoms with Crippen LogP contribution >= 0.6 is 11.3 Å². The van der Waals surface area contributed by atoms with Crippen LogP contribution in [-0.2, 0) is 9.84 Å². The molecular formula is C19H18N2O3S2. The molecule has 1 aromatic heterocycles. The van der Waals surface area contributed by atoms with Crippen LogP contribution in [0.2, 0.25) is 0 Å². The summed E-state index contributed by atoms with van der Waals surface area (Å²) in [6, 6.07) is 15.7. The Hall–Kier alpha value is -2.51. The number of sulfone groups is 1. The highest BCUT2D eigenvalue weighted by atomic mass is 32.2. The largest absolute Gasteiger partial charge is 0.298 e. The molecule has 1 amide bonds. The van der Waals surface area contributed by atoms with Gasteiger partial charge in [-0.3, -0.25) is 10.1 Å². The maximum Gasteiger partial charge on any atom is 0.257 e. The summed E-state index contributed by atoms with van der Waals surface area (Å²) in [5.74, 6) is -0.389. The summed E-state index contributed by atoms with van der Waals surface area (Å²) in [6.07, 6.45) is 0. The summed E-state index contributed by atoms with van der Waals surface area (Å²) in [6.45, 7) is 3.23. The molecule has 134 valence electrons. The van der Waals surface area contributed by atoms with Crippen LogP contribution in [0.1, 0.15) is 24.2 Å². The molecule has 1 heterocycles. The van der Waals surface area contributed by atoms with Crippen molar-refractivity contribution in [2.24, 2.45) is 0 Å². The zero-order valence-electron chi connectivity index (χ0n) is 14.3. The highest BCUT2D eigenvalue weighted by Crippen LogP contribution is 2.25. The van der Waals surface area contributed by atoms with E-state index in [-0.39, 0.29) is 16.4 Å². The first-order chi connectivity index (χ1) is 12.4. The van der Waals surface area contributed by atoms with Crippen molar-refractivity contribution in [2.45, 2.75) is 24.0 Å². The van der Waals surface area contributed by atoms with Gasteiger partial charge in [-0.05, 0) is 32.0 Å². The Kier molecular flexibility index (Phi) is 5.20. The molecule has 7 heteroatoms. The normalized spacial score (nSPS) is 11.5. The van der Waals surface area contributed by atoms with E-state index in [0.717, 1.165) is 11.3 Å². The van der Waals surface area contributed by atoms with Crippen LogP contribution in [0.5, 0.6) is 0 Å². The fraction of sp³-hybridized carbons (Fsp3) is 0.158. The average molecular weight is 386 g/mol. The number of nitrogens with zero attached hydrogens (tertiary/aromatic N) is 1. The highest BCUT2D eigenvalue weighted by molar-refractivity contribution is 7.92. The molecule has 0 saturated heterocycles. The number of carbonyl (C=O) groups excluding carboxylic acids is 1. The predicted octanol–water partition coefficient (Wildman–Crippen LogP) is 4.24. The van der Waals surface area contributed by atoms with E-state index in [4.69, 9.17) is 0 Å². The van der Waals surface area contributed by atoms with Crippen molar-refractivity contribution in [1.29, 1.82) is 0 Å². The number of hydrogen-bond donors (Lipinski definition) is 1. The Labute approximate surface area is 156 Å². The van der Waals surface area contributed by atoms with Gasteiger partial charge in [0.2, 0.25) is 0 Å². The van der Waals surface area contributed by atoms with Crippen molar-refractivity contribution >= 4 is 32.2 Å². The molecule has 2 aromatic carbocycles. The quantitative estimate of drug-likeness (QED) is 0.711. The first-order valence-corrected chi connectivity index (χ1v) is 10.5. The molecule has 1 N–H and O–H groups in total. The fourth-order valence-corrected chi connectivity index (χ4v) is 4.15. The van der Waals surface area contributed by atoms with Crippen LogP contribution in [0.3, 0.4) is 0 Å². The fourth-order valence-electron chi connectivity index (χ4n) is 2.33. The Morgan fingerprint density at radius 2 is 1.81 bits per heavy atom. The topological polar surface area (TPSA) is 76.1 Å². The minimum atomic E-state index is -3.43. The summed E-state index contributed by atoms with van der Waals surface area (Å²) < 4.78 is 24.6. The summed E-state index contributed by atoms with van der Waals surface area (Å²) in [4.78, 5) is 17.0. The minimum absolute atomic E-state index is 0.143. The van der Waals surface area contributed by atoms with Crippen LogP contribution in [0.4, 0.5) is 5.13 Å². The molecule has 0 atom stereocenters. The first-order valence-electron chi connectivity index (χ1n) is 8.04.